The predicted molar refractivity (Wildman–Crippen MR) is 65.5 cm³/mol. The van der Waals surface area contributed by atoms with Gasteiger partial charge in [0.1, 0.15) is 0 Å². The zero-order valence-corrected chi connectivity index (χ0v) is 10.3. The molecule has 4 fully saturated rings. The van der Waals surface area contributed by atoms with Crippen LogP contribution in [0.4, 0.5) is 0 Å². The van der Waals surface area contributed by atoms with Crippen molar-refractivity contribution in [2.75, 3.05) is 19.6 Å². The smallest absolute Gasteiger partial charge is 0.0258 e. The molecule has 4 aliphatic heterocycles. The number of piperidine rings is 3. The van der Waals surface area contributed by atoms with Gasteiger partial charge in [-0.2, -0.15) is 0 Å². The van der Waals surface area contributed by atoms with Gasteiger partial charge in [-0.1, -0.05) is 12.8 Å². The molecular formula is C14H24N2. The van der Waals surface area contributed by atoms with Gasteiger partial charge in [0.2, 0.25) is 0 Å². The first-order valence-corrected chi connectivity index (χ1v) is 7.43. The summed E-state index contributed by atoms with van der Waals surface area (Å²) in [6, 6.07) is 2.86. The summed E-state index contributed by atoms with van der Waals surface area (Å²) in [6.45, 7) is 4.25. The van der Waals surface area contributed by atoms with Crippen LogP contribution in [0.25, 0.3) is 0 Å². The molecule has 0 aliphatic carbocycles. The van der Waals surface area contributed by atoms with Crippen LogP contribution >= 0.6 is 0 Å². The van der Waals surface area contributed by atoms with Crippen LogP contribution in [-0.2, 0) is 0 Å². The standard InChI is InChI=1S/C14H24N2/c1-3-7-15-10-11-9-14(13(15)6-1)16-8-4-2-5-12(11)16/h11-14H,1-10H2. The van der Waals surface area contributed by atoms with Gasteiger partial charge in [-0.3, -0.25) is 9.80 Å². The van der Waals surface area contributed by atoms with Crippen molar-refractivity contribution in [3.8, 4) is 0 Å². The molecule has 0 aromatic carbocycles. The summed E-state index contributed by atoms with van der Waals surface area (Å²) in [5, 5.41) is 0. The lowest BCUT2D eigenvalue weighted by Crippen LogP contribution is -2.53. The molecule has 4 unspecified atom stereocenters. The highest BCUT2D eigenvalue weighted by Crippen LogP contribution is 2.44. The van der Waals surface area contributed by atoms with Crippen LogP contribution < -0.4 is 0 Å². The van der Waals surface area contributed by atoms with Crippen molar-refractivity contribution < 1.29 is 0 Å². The quantitative estimate of drug-likeness (QED) is 0.617. The highest BCUT2D eigenvalue weighted by Gasteiger charge is 2.50. The Morgan fingerprint density at radius 2 is 1.56 bits per heavy atom. The molecular weight excluding hydrogens is 196 g/mol. The third kappa shape index (κ3) is 1.32. The summed E-state index contributed by atoms with van der Waals surface area (Å²) in [6.07, 6.45) is 10.4. The Morgan fingerprint density at radius 1 is 0.750 bits per heavy atom. The van der Waals surface area contributed by atoms with Crippen molar-refractivity contribution in [1.29, 1.82) is 0 Å². The first-order valence-electron chi connectivity index (χ1n) is 7.43. The fourth-order valence-electron chi connectivity index (χ4n) is 5.06. The van der Waals surface area contributed by atoms with Gasteiger partial charge in [0.25, 0.3) is 0 Å². The van der Waals surface area contributed by atoms with Crippen LogP contribution in [0.2, 0.25) is 0 Å². The minimum Gasteiger partial charge on any atom is -0.298 e. The molecule has 4 saturated heterocycles. The molecule has 0 radical (unpaired) electrons. The first kappa shape index (κ1) is 9.90. The van der Waals surface area contributed by atoms with E-state index in [1.165, 1.54) is 64.6 Å². The van der Waals surface area contributed by atoms with Crippen molar-refractivity contribution in [3.05, 3.63) is 0 Å². The van der Waals surface area contributed by atoms with Crippen LogP contribution in [0.15, 0.2) is 0 Å². The molecule has 0 N–H and O–H groups in total. The molecule has 4 atom stereocenters. The largest absolute Gasteiger partial charge is 0.298 e. The van der Waals surface area contributed by atoms with E-state index in [4.69, 9.17) is 0 Å². The van der Waals surface area contributed by atoms with E-state index < -0.39 is 0 Å². The van der Waals surface area contributed by atoms with Crippen LogP contribution in [-0.4, -0.2) is 47.6 Å². The highest BCUT2D eigenvalue weighted by molar-refractivity contribution is 5.06. The Labute approximate surface area is 99.0 Å². The second-order valence-corrected chi connectivity index (χ2v) is 6.42. The summed E-state index contributed by atoms with van der Waals surface area (Å²) >= 11 is 0. The molecule has 0 spiro atoms. The van der Waals surface area contributed by atoms with Gasteiger partial charge in [0.05, 0.1) is 0 Å². The highest BCUT2D eigenvalue weighted by atomic mass is 15.3. The first-order chi connectivity index (χ1) is 7.93. The van der Waals surface area contributed by atoms with E-state index in [9.17, 15) is 0 Å². The van der Waals surface area contributed by atoms with E-state index in [2.05, 4.69) is 9.80 Å². The van der Waals surface area contributed by atoms with Gasteiger partial charge < -0.3 is 0 Å². The second-order valence-electron chi connectivity index (χ2n) is 6.42. The number of hydrogen-bond acceptors (Lipinski definition) is 2. The molecule has 90 valence electrons. The van der Waals surface area contributed by atoms with Crippen molar-refractivity contribution in [1.82, 2.24) is 9.80 Å². The van der Waals surface area contributed by atoms with Crippen molar-refractivity contribution >= 4 is 0 Å². The van der Waals surface area contributed by atoms with E-state index in [1.807, 2.05) is 0 Å². The third-order valence-corrected chi connectivity index (χ3v) is 5.68. The number of fused-ring (bicyclic) bond motifs is 7. The van der Waals surface area contributed by atoms with E-state index in [1.54, 1.807) is 0 Å². The van der Waals surface area contributed by atoms with E-state index in [0.29, 0.717) is 0 Å². The maximum Gasteiger partial charge on any atom is 0.0258 e. The fraction of sp³-hybridized carbons (Fsp3) is 1.00. The molecule has 16 heavy (non-hydrogen) atoms. The Balaban J connectivity index is 1.62. The summed E-state index contributed by atoms with van der Waals surface area (Å²) in [5.41, 5.74) is 0. The van der Waals surface area contributed by atoms with Crippen LogP contribution in [0, 0.1) is 5.92 Å². The second kappa shape index (κ2) is 3.71. The molecule has 0 aromatic rings. The minimum atomic E-state index is 0.938. The van der Waals surface area contributed by atoms with Gasteiger partial charge in [-0.05, 0) is 51.1 Å². The average molecular weight is 220 g/mol. The zero-order chi connectivity index (χ0) is 10.5. The van der Waals surface area contributed by atoms with Crippen LogP contribution in [0.5, 0.6) is 0 Å². The molecule has 4 aliphatic rings. The van der Waals surface area contributed by atoms with Crippen molar-refractivity contribution in [2.24, 2.45) is 5.92 Å². The minimum absolute atomic E-state index is 0.938. The van der Waals surface area contributed by atoms with E-state index >= 15 is 0 Å². The molecule has 0 aromatic heterocycles. The van der Waals surface area contributed by atoms with E-state index in [0.717, 1.165) is 24.0 Å². The van der Waals surface area contributed by atoms with Crippen LogP contribution in [0.1, 0.15) is 44.9 Å². The van der Waals surface area contributed by atoms with Gasteiger partial charge >= 0.3 is 0 Å². The summed E-state index contributed by atoms with van der Waals surface area (Å²) in [7, 11) is 0. The Morgan fingerprint density at radius 3 is 2.50 bits per heavy atom. The van der Waals surface area contributed by atoms with Crippen LogP contribution in [0.3, 0.4) is 0 Å². The number of nitrogens with zero attached hydrogens (tertiary/aromatic N) is 2. The van der Waals surface area contributed by atoms with Gasteiger partial charge in [0, 0.05) is 24.7 Å². The van der Waals surface area contributed by atoms with Crippen molar-refractivity contribution in [2.45, 2.75) is 63.1 Å². The molecule has 0 amide bonds. The summed E-state index contributed by atoms with van der Waals surface area (Å²) < 4.78 is 0. The van der Waals surface area contributed by atoms with Crippen molar-refractivity contribution in [3.63, 3.8) is 0 Å². The molecule has 2 nitrogen and oxygen atoms in total. The predicted octanol–water partition coefficient (Wildman–Crippen LogP) is 2.10. The molecule has 4 heterocycles. The Hall–Kier alpha value is -0.0800. The number of rotatable bonds is 0. The summed E-state index contributed by atoms with van der Waals surface area (Å²) in [4.78, 5) is 5.77. The Kier molecular flexibility index (Phi) is 2.29. The number of hydrogen-bond donors (Lipinski definition) is 0. The SMILES string of the molecule is C1CCN2CC3CC(C2C1)N1CCCCC31. The van der Waals surface area contributed by atoms with E-state index in [-0.39, 0.29) is 0 Å². The topological polar surface area (TPSA) is 6.48 Å². The molecule has 0 saturated carbocycles. The average Bonchev–Trinajstić information content (AvgIpc) is 2.65. The molecule has 2 heteroatoms. The fourth-order valence-corrected chi connectivity index (χ4v) is 5.06. The molecule has 2 bridgehead atoms. The van der Waals surface area contributed by atoms with Gasteiger partial charge in [-0.15, -0.1) is 0 Å². The molecule has 4 rings (SSSR count). The lowest BCUT2D eigenvalue weighted by molar-refractivity contribution is 0.0531. The maximum atomic E-state index is 2.92. The monoisotopic (exact) mass is 220 g/mol. The Bertz CT molecular complexity index is 272. The van der Waals surface area contributed by atoms with Gasteiger partial charge in [0.15, 0.2) is 0 Å². The normalized spacial score (nSPS) is 48.8. The summed E-state index contributed by atoms with van der Waals surface area (Å²) in [5.74, 6) is 1.03. The lowest BCUT2D eigenvalue weighted by atomic mass is 9.85. The zero-order valence-electron chi connectivity index (χ0n) is 10.3. The maximum absolute atomic E-state index is 2.92. The lowest BCUT2D eigenvalue weighted by Gasteiger charge is -2.44. The third-order valence-electron chi connectivity index (χ3n) is 5.68. The van der Waals surface area contributed by atoms with Gasteiger partial charge in [-0.25, -0.2) is 0 Å².